The van der Waals surface area contributed by atoms with Crippen LogP contribution in [0.5, 0.6) is 0 Å². The third kappa shape index (κ3) is 2.03. The van der Waals surface area contributed by atoms with Crippen molar-refractivity contribution in [3.63, 3.8) is 0 Å². The van der Waals surface area contributed by atoms with Gasteiger partial charge in [0.2, 0.25) is 0 Å². The van der Waals surface area contributed by atoms with Crippen molar-refractivity contribution in [1.29, 1.82) is 0 Å². The van der Waals surface area contributed by atoms with Crippen LogP contribution >= 0.6 is 0 Å². The molecule has 0 aromatic rings. The fourth-order valence-corrected chi connectivity index (χ4v) is 2.16. The highest BCUT2D eigenvalue weighted by Gasteiger charge is 2.39. The topological polar surface area (TPSA) is 37.3 Å². The molecule has 0 radical (unpaired) electrons. The van der Waals surface area contributed by atoms with Crippen molar-refractivity contribution < 1.29 is 9.90 Å². The van der Waals surface area contributed by atoms with Gasteiger partial charge in [0.05, 0.1) is 5.92 Å². The Hall–Kier alpha value is -0.970. The molecule has 0 aromatic carbocycles. The Labute approximate surface area is 79.3 Å². The summed E-state index contributed by atoms with van der Waals surface area (Å²) < 4.78 is 0. The van der Waals surface area contributed by atoms with Gasteiger partial charge >= 0.3 is 5.97 Å². The summed E-state index contributed by atoms with van der Waals surface area (Å²) in [4.78, 5) is 11.0. The highest BCUT2D eigenvalue weighted by molar-refractivity contribution is 5.72. The molecule has 0 saturated heterocycles. The first-order valence-corrected chi connectivity index (χ1v) is 4.77. The summed E-state index contributed by atoms with van der Waals surface area (Å²) in [5.41, 5.74) is -0.293. The monoisotopic (exact) mass is 180 g/mol. The van der Waals surface area contributed by atoms with E-state index in [1.807, 2.05) is 6.92 Å². The predicted octanol–water partition coefficient (Wildman–Crippen LogP) is 2.29. The SMILES string of the molecule is CC#CC1(C)CCCCC1C(=O)O. The summed E-state index contributed by atoms with van der Waals surface area (Å²) in [5, 5.41) is 9.03. The zero-order chi connectivity index (χ0) is 9.90. The standard InChI is InChI=1S/C11H16O2/c1-3-7-11(2)8-5-4-6-9(11)10(12)13/h9H,4-6,8H2,1-2H3,(H,12,13). The first-order chi connectivity index (χ1) is 6.10. The van der Waals surface area contributed by atoms with E-state index in [1.54, 1.807) is 6.92 Å². The molecule has 2 atom stereocenters. The molecule has 1 rings (SSSR count). The van der Waals surface area contributed by atoms with Crippen molar-refractivity contribution in [1.82, 2.24) is 0 Å². The van der Waals surface area contributed by atoms with E-state index in [2.05, 4.69) is 11.8 Å². The van der Waals surface area contributed by atoms with E-state index in [1.165, 1.54) is 0 Å². The lowest BCUT2D eigenvalue weighted by molar-refractivity contribution is -0.146. The molecule has 2 nitrogen and oxygen atoms in total. The summed E-state index contributed by atoms with van der Waals surface area (Å²) in [6, 6.07) is 0. The van der Waals surface area contributed by atoms with Crippen LogP contribution in [0.15, 0.2) is 0 Å². The van der Waals surface area contributed by atoms with Crippen LogP contribution in [0.3, 0.4) is 0 Å². The van der Waals surface area contributed by atoms with Gasteiger partial charge in [-0.15, -0.1) is 5.92 Å². The van der Waals surface area contributed by atoms with Crippen LogP contribution < -0.4 is 0 Å². The van der Waals surface area contributed by atoms with Crippen molar-refractivity contribution >= 4 is 5.97 Å². The maximum Gasteiger partial charge on any atom is 0.308 e. The quantitative estimate of drug-likeness (QED) is 0.628. The zero-order valence-corrected chi connectivity index (χ0v) is 8.26. The van der Waals surface area contributed by atoms with Crippen LogP contribution in [0.2, 0.25) is 0 Å². The number of hydrogen-bond donors (Lipinski definition) is 1. The Morgan fingerprint density at radius 3 is 2.77 bits per heavy atom. The van der Waals surface area contributed by atoms with Gasteiger partial charge in [-0.1, -0.05) is 18.8 Å². The lowest BCUT2D eigenvalue weighted by Crippen LogP contribution is -2.35. The lowest BCUT2D eigenvalue weighted by atomic mass is 9.68. The Bertz CT molecular complexity index is 259. The normalized spacial score (nSPS) is 33.2. The molecular formula is C11H16O2. The zero-order valence-electron chi connectivity index (χ0n) is 8.26. The third-order valence-corrected chi connectivity index (χ3v) is 2.92. The van der Waals surface area contributed by atoms with E-state index in [-0.39, 0.29) is 11.3 Å². The van der Waals surface area contributed by atoms with Crippen molar-refractivity contribution in [2.45, 2.75) is 39.5 Å². The van der Waals surface area contributed by atoms with Gasteiger partial charge in [0.25, 0.3) is 0 Å². The number of hydrogen-bond acceptors (Lipinski definition) is 1. The molecule has 1 aliphatic carbocycles. The summed E-state index contributed by atoms with van der Waals surface area (Å²) in [6.07, 6.45) is 3.83. The largest absolute Gasteiger partial charge is 0.481 e. The maximum absolute atomic E-state index is 11.0. The number of rotatable bonds is 1. The summed E-state index contributed by atoms with van der Waals surface area (Å²) >= 11 is 0. The average Bonchev–Trinajstić information content (AvgIpc) is 2.04. The highest BCUT2D eigenvalue weighted by Crippen LogP contribution is 2.40. The summed E-state index contributed by atoms with van der Waals surface area (Å²) in [7, 11) is 0. The maximum atomic E-state index is 11.0. The molecule has 0 heterocycles. The minimum atomic E-state index is -0.690. The van der Waals surface area contributed by atoms with Crippen LogP contribution in [0.25, 0.3) is 0 Å². The average molecular weight is 180 g/mol. The van der Waals surface area contributed by atoms with Crippen LogP contribution in [0.4, 0.5) is 0 Å². The van der Waals surface area contributed by atoms with Crippen LogP contribution in [0.1, 0.15) is 39.5 Å². The van der Waals surface area contributed by atoms with Gasteiger partial charge in [-0.05, 0) is 26.7 Å². The Kier molecular flexibility index (Phi) is 2.98. The molecule has 2 heteroatoms. The minimum Gasteiger partial charge on any atom is -0.481 e. The van der Waals surface area contributed by atoms with Crippen molar-refractivity contribution in [3.05, 3.63) is 0 Å². The molecular weight excluding hydrogens is 164 g/mol. The van der Waals surface area contributed by atoms with Gasteiger partial charge in [-0.2, -0.15) is 0 Å². The van der Waals surface area contributed by atoms with Gasteiger partial charge < -0.3 is 5.11 Å². The molecule has 1 fully saturated rings. The van der Waals surface area contributed by atoms with Crippen LogP contribution in [-0.4, -0.2) is 11.1 Å². The number of carbonyl (C=O) groups is 1. The Morgan fingerprint density at radius 2 is 2.23 bits per heavy atom. The van der Waals surface area contributed by atoms with E-state index < -0.39 is 5.97 Å². The molecule has 13 heavy (non-hydrogen) atoms. The second-order valence-corrected chi connectivity index (χ2v) is 3.93. The van der Waals surface area contributed by atoms with E-state index >= 15 is 0 Å². The van der Waals surface area contributed by atoms with Crippen LogP contribution in [0, 0.1) is 23.2 Å². The first kappa shape index (κ1) is 10.1. The van der Waals surface area contributed by atoms with Gasteiger partial charge in [0, 0.05) is 5.41 Å². The van der Waals surface area contributed by atoms with E-state index in [9.17, 15) is 4.79 Å². The summed E-state index contributed by atoms with van der Waals surface area (Å²) in [5.74, 6) is 4.95. The smallest absolute Gasteiger partial charge is 0.308 e. The Balaban J connectivity index is 2.87. The molecule has 1 N–H and O–H groups in total. The van der Waals surface area contributed by atoms with E-state index in [0.717, 1.165) is 25.7 Å². The predicted molar refractivity (Wildman–Crippen MR) is 51.2 cm³/mol. The fourth-order valence-electron chi connectivity index (χ4n) is 2.16. The van der Waals surface area contributed by atoms with E-state index in [0.29, 0.717) is 0 Å². The number of carboxylic acid groups (broad SMARTS) is 1. The van der Waals surface area contributed by atoms with E-state index in [4.69, 9.17) is 5.11 Å². The first-order valence-electron chi connectivity index (χ1n) is 4.77. The minimum absolute atomic E-state index is 0.270. The molecule has 0 bridgehead atoms. The number of carboxylic acids is 1. The summed E-state index contributed by atoms with van der Waals surface area (Å²) in [6.45, 7) is 3.75. The van der Waals surface area contributed by atoms with Gasteiger partial charge in [-0.3, -0.25) is 4.79 Å². The second kappa shape index (κ2) is 3.83. The lowest BCUT2D eigenvalue weighted by Gasteiger charge is -2.34. The van der Waals surface area contributed by atoms with Gasteiger partial charge in [-0.25, -0.2) is 0 Å². The highest BCUT2D eigenvalue weighted by atomic mass is 16.4. The van der Waals surface area contributed by atoms with Crippen LogP contribution in [-0.2, 0) is 4.79 Å². The third-order valence-electron chi connectivity index (χ3n) is 2.92. The number of aliphatic carboxylic acids is 1. The fraction of sp³-hybridized carbons (Fsp3) is 0.727. The second-order valence-electron chi connectivity index (χ2n) is 3.93. The van der Waals surface area contributed by atoms with Gasteiger partial charge in [0.1, 0.15) is 0 Å². The van der Waals surface area contributed by atoms with Crippen molar-refractivity contribution in [2.75, 3.05) is 0 Å². The molecule has 0 spiro atoms. The van der Waals surface area contributed by atoms with Crippen molar-refractivity contribution in [2.24, 2.45) is 11.3 Å². The molecule has 1 saturated carbocycles. The molecule has 72 valence electrons. The molecule has 0 aliphatic heterocycles. The van der Waals surface area contributed by atoms with Gasteiger partial charge in [0.15, 0.2) is 0 Å². The molecule has 0 aromatic heterocycles. The Morgan fingerprint density at radius 1 is 1.54 bits per heavy atom. The molecule has 2 unspecified atom stereocenters. The van der Waals surface area contributed by atoms with Crippen molar-refractivity contribution in [3.8, 4) is 11.8 Å². The molecule has 0 amide bonds. The molecule has 1 aliphatic rings.